The van der Waals surface area contributed by atoms with Crippen molar-refractivity contribution < 1.29 is 0 Å². The van der Waals surface area contributed by atoms with Gasteiger partial charge < -0.3 is 4.57 Å². The molecular formula is C50H30N4. The molecule has 250 valence electrons. The Labute approximate surface area is 309 Å². The molecule has 0 unspecified atom stereocenters. The van der Waals surface area contributed by atoms with E-state index < -0.39 is 0 Å². The molecule has 0 atom stereocenters. The predicted octanol–water partition coefficient (Wildman–Crippen LogP) is 13.0. The molecule has 0 fully saturated rings. The number of fused-ring (bicyclic) bond motifs is 14. The van der Waals surface area contributed by atoms with Gasteiger partial charge in [0.05, 0.1) is 39.0 Å². The van der Waals surface area contributed by atoms with Crippen LogP contribution in [-0.4, -0.2) is 19.1 Å². The Morgan fingerprint density at radius 1 is 0.315 bits per heavy atom. The van der Waals surface area contributed by atoms with Crippen LogP contribution in [0.3, 0.4) is 0 Å². The summed E-state index contributed by atoms with van der Waals surface area (Å²) in [7, 11) is 0. The summed E-state index contributed by atoms with van der Waals surface area (Å²) in [5, 5.41) is 13.0. The van der Waals surface area contributed by atoms with E-state index in [4.69, 9.17) is 9.97 Å². The van der Waals surface area contributed by atoms with Crippen LogP contribution in [0.25, 0.3) is 110 Å². The third-order valence-electron chi connectivity index (χ3n) is 11.3. The maximum Gasteiger partial charge on any atom is 0.235 e. The number of para-hydroxylation sites is 2. The summed E-state index contributed by atoms with van der Waals surface area (Å²) in [4.78, 5) is 11.1. The van der Waals surface area contributed by atoms with Crippen molar-refractivity contribution in [1.29, 1.82) is 0 Å². The summed E-state index contributed by atoms with van der Waals surface area (Å²) < 4.78 is 4.72. The number of aromatic nitrogens is 4. The number of nitrogens with zero attached hydrogens (tertiary/aromatic N) is 4. The second kappa shape index (κ2) is 11.1. The van der Waals surface area contributed by atoms with Gasteiger partial charge >= 0.3 is 0 Å². The molecule has 9 aromatic carbocycles. The van der Waals surface area contributed by atoms with Gasteiger partial charge in [-0.2, -0.15) is 0 Å². The fourth-order valence-corrected chi connectivity index (χ4v) is 9.06. The van der Waals surface area contributed by atoms with Crippen LogP contribution in [0.2, 0.25) is 0 Å². The van der Waals surface area contributed by atoms with E-state index >= 15 is 0 Å². The maximum absolute atomic E-state index is 5.56. The average molecular weight is 687 g/mol. The molecule has 0 bridgehead atoms. The van der Waals surface area contributed by atoms with E-state index in [2.05, 4.69) is 191 Å². The lowest BCUT2D eigenvalue weighted by Crippen LogP contribution is -2.04. The van der Waals surface area contributed by atoms with Crippen molar-refractivity contribution in [3.8, 4) is 22.9 Å². The molecule has 3 aromatic heterocycles. The summed E-state index contributed by atoms with van der Waals surface area (Å²) in [5.74, 6) is 0.658. The van der Waals surface area contributed by atoms with Crippen molar-refractivity contribution in [3.63, 3.8) is 0 Å². The van der Waals surface area contributed by atoms with Gasteiger partial charge in [-0.05, 0) is 51.9 Å². The molecule has 3 heterocycles. The highest BCUT2D eigenvalue weighted by atomic mass is 15.2. The molecule has 12 rings (SSSR count). The zero-order valence-corrected chi connectivity index (χ0v) is 29.1. The Morgan fingerprint density at radius 3 is 1.56 bits per heavy atom. The van der Waals surface area contributed by atoms with Gasteiger partial charge in [0.15, 0.2) is 0 Å². The van der Waals surface area contributed by atoms with Crippen LogP contribution in [0, 0.1) is 0 Å². The summed E-state index contributed by atoms with van der Waals surface area (Å²) in [6, 6.07) is 65.2. The van der Waals surface area contributed by atoms with Gasteiger partial charge in [-0.3, -0.25) is 4.57 Å². The first-order valence-electron chi connectivity index (χ1n) is 18.4. The van der Waals surface area contributed by atoms with E-state index in [1.165, 1.54) is 59.8 Å². The van der Waals surface area contributed by atoms with E-state index in [-0.39, 0.29) is 0 Å². The number of hydrogen-bond donors (Lipinski definition) is 0. The quantitative estimate of drug-likeness (QED) is 0.173. The maximum atomic E-state index is 5.56. The van der Waals surface area contributed by atoms with E-state index in [1.807, 2.05) is 0 Å². The standard InChI is InChI=1S/C50H30N4/c1-2-16-32(17-3-1)48-47-36-22-8-6-20-34(36)35-21-7-9-23-37(35)49(47)52-50(51-48)54-42-27-13-11-25-39(42)46-44(54)30-29-43-45(46)38-24-10-12-26-41(38)53(43)40-28-14-18-31-15-4-5-19-33(31)40/h1-30H. The number of hydrogen-bond acceptors (Lipinski definition) is 2. The molecule has 4 heteroatoms. The van der Waals surface area contributed by atoms with E-state index in [1.54, 1.807) is 0 Å². The van der Waals surface area contributed by atoms with Gasteiger partial charge in [0.1, 0.15) is 0 Å². The Morgan fingerprint density at radius 2 is 0.833 bits per heavy atom. The Kier molecular flexibility index (Phi) is 6.02. The number of benzene rings is 9. The van der Waals surface area contributed by atoms with Crippen LogP contribution in [0.5, 0.6) is 0 Å². The minimum absolute atomic E-state index is 0.658. The molecule has 0 N–H and O–H groups in total. The van der Waals surface area contributed by atoms with Crippen molar-refractivity contribution in [2.45, 2.75) is 0 Å². The van der Waals surface area contributed by atoms with Gasteiger partial charge in [0.25, 0.3) is 0 Å². The zero-order valence-electron chi connectivity index (χ0n) is 29.1. The molecule has 0 aliphatic heterocycles. The zero-order chi connectivity index (χ0) is 35.3. The molecule has 0 saturated heterocycles. The molecular weight excluding hydrogens is 657 g/mol. The van der Waals surface area contributed by atoms with Crippen molar-refractivity contribution in [2.75, 3.05) is 0 Å². The second-order valence-electron chi connectivity index (χ2n) is 14.1. The molecule has 0 amide bonds. The molecule has 0 spiro atoms. The van der Waals surface area contributed by atoms with Gasteiger partial charge in [0, 0.05) is 43.3 Å². The molecule has 4 nitrogen and oxygen atoms in total. The van der Waals surface area contributed by atoms with Gasteiger partial charge in [-0.1, -0.05) is 152 Å². The highest BCUT2D eigenvalue weighted by Crippen LogP contribution is 2.44. The van der Waals surface area contributed by atoms with Crippen LogP contribution in [0.4, 0.5) is 0 Å². The van der Waals surface area contributed by atoms with E-state index in [9.17, 15) is 0 Å². The monoisotopic (exact) mass is 686 g/mol. The minimum Gasteiger partial charge on any atom is -0.309 e. The lowest BCUT2D eigenvalue weighted by molar-refractivity contribution is 1.02. The van der Waals surface area contributed by atoms with Crippen LogP contribution in [-0.2, 0) is 0 Å². The second-order valence-corrected chi connectivity index (χ2v) is 14.1. The summed E-state index contributed by atoms with van der Waals surface area (Å²) in [6.45, 7) is 0. The topological polar surface area (TPSA) is 35.6 Å². The third kappa shape index (κ3) is 3.97. The number of rotatable bonds is 3. The Balaban J connectivity index is 1.25. The van der Waals surface area contributed by atoms with E-state index in [0.29, 0.717) is 5.95 Å². The van der Waals surface area contributed by atoms with Crippen molar-refractivity contribution in [3.05, 3.63) is 182 Å². The van der Waals surface area contributed by atoms with Gasteiger partial charge in [-0.15, -0.1) is 0 Å². The summed E-state index contributed by atoms with van der Waals surface area (Å²) in [6.07, 6.45) is 0. The first-order chi connectivity index (χ1) is 26.8. The van der Waals surface area contributed by atoms with Crippen LogP contribution in [0.15, 0.2) is 182 Å². The normalized spacial score (nSPS) is 12.1. The average Bonchev–Trinajstić information content (AvgIpc) is 3.76. The molecule has 12 aromatic rings. The fraction of sp³-hybridized carbons (Fsp3) is 0. The van der Waals surface area contributed by atoms with Crippen molar-refractivity contribution in [2.24, 2.45) is 0 Å². The lowest BCUT2D eigenvalue weighted by Gasteiger charge is -2.16. The molecule has 0 radical (unpaired) electrons. The molecule has 0 aliphatic carbocycles. The Hall–Kier alpha value is -7.30. The van der Waals surface area contributed by atoms with Crippen LogP contribution in [0.1, 0.15) is 0 Å². The predicted molar refractivity (Wildman–Crippen MR) is 226 cm³/mol. The van der Waals surface area contributed by atoms with Crippen molar-refractivity contribution >= 4 is 86.8 Å². The largest absolute Gasteiger partial charge is 0.309 e. The molecule has 0 saturated carbocycles. The Bertz CT molecular complexity index is 3490. The lowest BCUT2D eigenvalue weighted by atomic mass is 9.94. The SMILES string of the molecule is c1ccc(-c2nc(-n3c4ccccc4c4c5c6ccccc6n(-c6cccc7ccccc67)c5ccc43)nc3c4ccccc4c4ccccc4c23)cc1. The van der Waals surface area contributed by atoms with Crippen molar-refractivity contribution in [1.82, 2.24) is 19.1 Å². The smallest absolute Gasteiger partial charge is 0.235 e. The first kappa shape index (κ1) is 29.3. The highest BCUT2D eigenvalue weighted by Gasteiger charge is 2.24. The summed E-state index contributed by atoms with van der Waals surface area (Å²) >= 11 is 0. The van der Waals surface area contributed by atoms with Gasteiger partial charge in [-0.25, -0.2) is 9.97 Å². The minimum atomic E-state index is 0.658. The summed E-state index contributed by atoms with van der Waals surface area (Å²) in [5.41, 5.74) is 8.62. The fourth-order valence-electron chi connectivity index (χ4n) is 9.06. The first-order valence-corrected chi connectivity index (χ1v) is 18.4. The van der Waals surface area contributed by atoms with E-state index in [0.717, 1.165) is 44.0 Å². The molecule has 54 heavy (non-hydrogen) atoms. The third-order valence-corrected chi connectivity index (χ3v) is 11.3. The van der Waals surface area contributed by atoms with Crippen LogP contribution < -0.4 is 0 Å². The highest BCUT2D eigenvalue weighted by molar-refractivity contribution is 6.30. The molecule has 0 aliphatic rings. The van der Waals surface area contributed by atoms with Crippen LogP contribution >= 0.6 is 0 Å². The van der Waals surface area contributed by atoms with Gasteiger partial charge in [0.2, 0.25) is 5.95 Å².